The van der Waals surface area contributed by atoms with Crippen molar-refractivity contribution in [2.45, 2.75) is 53.4 Å². The third-order valence-corrected chi connectivity index (χ3v) is 2.79. The molecular formula is C12H28BrNO. The van der Waals surface area contributed by atoms with E-state index in [0.717, 1.165) is 0 Å². The standard InChI is InChI=1S/C12H28N.BrO/c1-5-9-13(10-6-2,11-7-3)12-8-4;1-2/h5-12H2,1-4H3;/q+1;-1. The lowest BCUT2D eigenvalue weighted by molar-refractivity contribution is -0.928. The molecule has 0 aromatic carbocycles. The first-order valence-corrected chi connectivity index (χ1v) is 6.90. The van der Waals surface area contributed by atoms with Crippen molar-refractivity contribution in [3.63, 3.8) is 0 Å². The van der Waals surface area contributed by atoms with Crippen LogP contribution in [-0.2, 0) is 0 Å². The number of halogens is 1. The second-order valence-corrected chi connectivity index (χ2v) is 4.24. The molecule has 0 atom stereocenters. The maximum absolute atomic E-state index is 8.06. The van der Waals surface area contributed by atoms with E-state index in [1.807, 2.05) is 0 Å². The Hall–Kier alpha value is 0.400. The Kier molecular flexibility index (Phi) is 14.8. The molecule has 0 radical (unpaired) electrons. The second-order valence-electron chi connectivity index (χ2n) is 4.24. The van der Waals surface area contributed by atoms with Crippen LogP contribution in [0.15, 0.2) is 0 Å². The van der Waals surface area contributed by atoms with Gasteiger partial charge in [0.05, 0.1) is 26.2 Å². The van der Waals surface area contributed by atoms with Gasteiger partial charge in [-0.3, -0.25) is 0 Å². The van der Waals surface area contributed by atoms with Gasteiger partial charge in [0.15, 0.2) is 0 Å². The lowest BCUT2D eigenvalue weighted by Gasteiger charge is -2.38. The fourth-order valence-corrected chi connectivity index (χ4v) is 2.57. The van der Waals surface area contributed by atoms with Gasteiger partial charge in [0.25, 0.3) is 0 Å². The summed E-state index contributed by atoms with van der Waals surface area (Å²) in [4.78, 5) is 0. The molecule has 0 fully saturated rings. The van der Waals surface area contributed by atoms with Crippen LogP contribution in [0.25, 0.3) is 0 Å². The van der Waals surface area contributed by atoms with Crippen LogP contribution in [0.4, 0.5) is 0 Å². The van der Waals surface area contributed by atoms with E-state index in [9.17, 15) is 0 Å². The van der Waals surface area contributed by atoms with Gasteiger partial charge in [-0.05, 0) is 25.7 Å². The number of quaternary nitrogens is 1. The van der Waals surface area contributed by atoms with Gasteiger partial charge in [-0.1, -0.05) is 27.7 Å². The van der Waals surface area contributed by atoms with Crippen molar-refractivity contribution in [2.75, 3.05) is 26.2 Å². The average molecular weight is 282 g/mol. The zero-order chi connectivity index (χ0) is 12.2. The third kappa shape index (κ3) is 8.23. The maximum atomic E-state index is 8.06. The van der Waals surface area contributed by atoms with Gasteiger partial charge in [-0.2, -0.15) is 0 Å². The van der Waals surface area contributed by atoms with E-state index in [1.54, 1.807) is 16.3 Å². The minimum absolute atomic E-state index is 1.33. The van der Waals surface area contributed by atoms with Crippen molar-refractivity contribution in [1.82, 2.24) is 0 Å². The minimum Gasteiger partial charge on any atom is -0.791 e. The molecule has 0 aliphatic heterocycles. The summed E-state index contributed by atoms with van der Waals surface area (Å²) < 4.78 is 9.44. The van der Waals surface area contributed by atoms with Gasteiger partial charge < -0.3 is 8.68 Å². The van der Waals surface area contributed by atoms with E-state index in [0.29, 0.717) is 0 Å². The second kappa shape index (κ2) is 12.5. The van der Waals surface area contributed by atoms with E-state index in [-0.39, 0.29) is 0 Å². The summed E-state index contributed by atoms with van der Waals surface area (Å²) >= 11 is 1.69. The molecule has 0 spiro atoms. The smallest absolute Gasteiger partial charge is 0.0783 e. The summed E-state index contributed by atoms with van der Waals surface area (Å²) in [6.45, 7) is 14.8. The first-order valence-electron chi connectivity index (χ1n) is 6.25. The van der Waals surface area contributed by atoms with Gasteiger partial charge in [0.1, 0.15) is 0 Å². The Bertz CT molecular complexity index is 90.7. The number of rotatable bonds is 8. The number of nitrogens with zero attached hydrogens (tertiary/aromatic N) is 1. The van der Waals surface area contributed by atoms with Crippen molar-refractivity contribution in [1.29, 1.82) is 0 Å². The lowest BCUT2D eigenvalue weighted by Crippen LogP contribution is -2.50. The van der Waals surface area contributed by atoms with Gasteiger partial charge in [-0.15, -0.1) is 0 Å². The third-order valence-electron chi connectivity index (χ3n) is 2.79. The zero-order valence-corrected chi connectivity index (χ0v) is 12.5. The Morgan fingerprint density at radius 2 is 0.867 bits per heavy atom. The molecule has 0 saturated heterocycles. The van der Waals surface area contributed by atoms with Crippen molar-refractivity contribution in [3.05, 3.63) is 0 Å². The Morgan fingerprint density at radius 1 is 0.667 bits per heavy atom. The molecule has 0 rings (SSSR count). The molecule has 94 valence electrons. The maximum Gasteiger partial charge on any atom is 0.0783 e. The van der Waals surface area contributed by atoms with E-state index < -0.39 is 0 Å². The summed E-state index contributed by atoms with van der Waals surface area (Å²) in [7, 11) is 0. The summed E-state index contributed by atoms with van der Waals surface area (Å²) in [5.41, 5.74) is 0. The minimum atomic E-state index is 1.33. The van der Waals surface area contributed by atoms with Crippen LogP contribution in [0.1, 0.15) is 53.4 Å². The predicted octanol–water partition coefficient (Wildman–Crippen LogP) is 3.10. The molecule has 0 unspecified atom stereocenters. The highest BCUT2D eigenvalue weighted by atomic mass is 79.9. The lowest BCUT2D eigenvalue weighted by atomic mass is 10.2. The van der Waals surface area contributed by atoms with E-state index >= 15 is 0 Å². The molecule has 0 aromatic heterocycles. The summed E-state index contributed by atoms with van der Waals surface area (Å²) in [5.74, 6) is 0. The quantitative estimate of drug-likeness (QED) is 0.627. The van der Waals surface area contributed by atoms with Crippen molar-refractivity contribution in [3.8, 4) is 0 Å². The highest BCUT2D eigenvalue weighted by Crippen LogP contribution is 2.12. The van der Waals surface area contributed by atoms with Crippen LogP contribution < -0.4 is 4.20 Å². The highest BCUT2D eigenvalue weighted by molar-refractivity contribution is 9.04. The van der Waals surface area contributed by atoms with Gasteiger partial charge in [0, 0.05) is 0 Å². The molecule has 3 heteroatoms. The van der Waals surface area contributed by atoms with Crippen LogP contribution in [0.5, 0.6) is 0 Å². The molecule has 0 bridgehead atoms. The van der Waals surface area contributed by atoms with Crippen LogP contribution in [0, 0.1) is 0 Å². The highest BCUT2D eigenvalue weighted by Gasteiger charge is 2.22. The van der Waals surface area contributed by atoms with Gasteiger partial charge >= 0.3 is 0 Å². The number of hydrogen-bond acceptors (Lipinski definition) is 1. The van der Waals surface area contributed by atoms with E-state index in [4.69, 9.17) is 4.20 Å². The molecule has 0 aliphatic rings. The number of hydrogen-bond donors (Lipinski definition) is 0. The molecule has 0 aromatic rings. The largest absolute Gasteiger partial charge is 0.791 e. The average Bonchev–Trinajstić information content (AvgIpc) is 2.22. The molecule has 0 heterocycles. The molecule has 2 nitrogen and oxygen atoms in total. The molecule has 0 saturated carbocycles. The zero-order valence-electron chi connectivity index (χ0n) is 10.9. The summed E-state index contributed by atoms with van der Waals surface area (Å²) in [6, 6.07) is 0. The molecule has 0 aliphatic carbocycles. The molecular weight excluding hydrogens is 254 g/mol. The van der Waals surface area contributed by atoms with E-state index in [2.05, 4.69) is 27.7 Å². The first kappa shape index (κ1) is 17.8. The van der Waals surface area contributed by atoms with Crippen molar-refractivity contribution < 1.29 is 8.68 Å². The van der Waals surface area contributed by atoms with Crippen LogP contribution in [0.3, 0.4) is 0 Å². The summed E-state index contributed by atoms with van der Waals surface area (Å²) in [5, 5.41) is 0. The Labute approximate surface area is 105 Å². The van der Waals surface area contributed by atoms with Crippen molar-refractivity contribution >= 4 is 16.3 Å². The normalized spacial score (nSPS) is 10.8. The first-order chi connectivity index (χ1) is 7.24. The van der Waals surface area contributed by atoms with Crippen LogP contribution in [0.2, 0.25) is 0 Å². The molecule has 15 heavy (non-hydrogen) atoms. The SMILES string of the molecule is CCC[N+](CCC)(CCC)CCC.[O-]Br. The predicted molar refractivity (Wildman–Crippen MR) is 69.8 cm³/mol. The topological polar surface area (TPSA) is 23.1 Å². The fourth-order valence-electron chi connectivity index (χ4n) is 2.57. The Balaban J connectivity index is 0. The fraction of sp³-hybridized carbons (Fsp3) is 1.00. The van der Waals surface area contributed by atoms with Gasteiger partial charge in [0.2, 0.25) is 0 Å². The van der Waals surface area contributed by atoms with Crippen LogP contribution in [-0.4, -0.2) is 30.7 Å². The molecule has 0 N–H and O–H groups in total. The Morgan fingerprint density at radius 3 is 1.00 bits per heavy atom. The van der Waals surface area contributed by atoms with Crippen LogP contribution >= 0.6 is 16.3 Å². The van der Waals surface area contributed by atoms with Crippen molar-refractivity contribution in [2.24, 2.45) is 0 Å². The molecule has 0 amide bonds. The summed E-state index contributed by atoms with van der Waals surface area (Å²) in [6.07, 6.45) is 5.33. The monoisotopic (exact) mass is 281 g/mol. The van der Waals surface area contributed by atoms with E-state index in [1.165, 1.54) is 56.3 Å². The van der Waals surface area contributed by atoms with Gasteiger partial charge in [-0.25, -0.2) is 16.3 Å².